The van der Waals surface area contributed by atoms with Gasteiger partial charge in [0.25, 0.3) is 0 Å². The fourth-order valence-corrected chi connectivity index (χ4v) is 11.0. The first-order chi connectivity index (χ1) is 31.8. The van der Waals surface area contributed by atoms with E-state index in [1.165, 1.54) is 0 Å². The van der Waals surface area contributed by atoms with E-state index < -0.39 is 0 Å². The van der Waals surface area contributed by atoms with Crippen molar-refractivity contribution in [2.75, 3.05) is 0 Å². The summed E-state index contributed by atoms with van der Waals surface area (Å²) in [4.78, 5) is 14.8. The molecule has 0 unspecified atom stereocenters. The summed E-state index contributed by atoms with van der Waals surface area (Å²) in [6, 6.07) is 65.1. The summed E-state index contributed by atoms with van der Waals surface area (Å²) < 4.78 is 4.74. The zero-order valence-corrected chi connectivity index (χ0v) is 34.2. The first kappa shape index (κ1) is 34.8. The quantitative estimate of drug-likeness (QED) is 0.162. The standard InChI is InChI=1S/C58H32N6/c59-33-42-57(63-43-26-10-21-37-38-25-14-30-60-54(38)39-22-11-27-44(63)51(39)50(37)43)48(35-17-6-2-7-18-35)47(34-15-4-1-5-16-34)49(36-19-8-3-9-20-36)58(42)64-45-28-12-23-40-52(45)53-41(24-13-29-46(53)64)56-55(40)61-31-32-62-56/h1-32H. The van der Waals surface area contributed by atoms with Crippen molar-refractivity contribution >= 4 is 87.1 Å². The van der Waals surface area contributed by atoms with E-state index in [0.717, 1.165) is 132 Å². The summed E-state index contributed by atoms with van der Waals surface area (Å²) in [6.07, 6.45) is 5.43. The van der Waals surface area contributed by atoms with Gasteiger partial charge in [0, 0.05) is 78.4 Å². The largest absolute Gasteiger partial charge is 0.307 e. The Balaban J connectivity index is 1.30. The first-order valence-electron chi connectivity index (χ1n) is 21.5. The summed E-state index contributed by atoms with van der Waals surface area (Å²) in [5.41, 5.74) is 14.9. The van der Waals surface area contributed by atoms with Crippen LogP contribution in [0.4, 0.5) is 0 Å². The fourth-order valence-electron chi connectivity index (χ4n) is 11.0. The maximum Gasteiger partial charge on any atom is 0.104 e. The molecule has 14 aromatic rings. The molecule has 0 aliphatic rings. The van der Waals surface area contributed by atoms with Crippen LogP contribution in [0.1, 0.15) is 5.56 Å². The summed E-state index contributed by atoms with van der Waals surface area (Å²) in [5.74, 6) is 0. The second kappa shape index (κ2) is 13.0. The third-order valence-electron chi connectivity index (χ3n) is 13.4. The van der Waals surface area contributed by atoms with Gasteiger partial charge in [-0.2, -0.15) is 5.26 Å². The maximum absolute atomic E-state index is 12.3. The highest BCUT2D eigenvalue weighted by Crippen LogP contribution is 2.54. The number of nitrogens with zero attached hydrogens (tertiary/aromatic N) is 6. The Kier molecular flexibility index (Phi) is 7.08. The normalized spacial score (nSPS) is 12.0. The Morgan fingerprint density at radius 1 is 0.328 bits per heavy atom. The number of rotatable bonds is 5. The Morgan fingerprint density at radius 3 is 1.16 bits per heavy atom. The highest BCUT2D eigenvalue weighted by Gasteiger charge is 2.33. The van der Waals surface area contributed by atoms with Crippen LogP contribution in [0.2, 0.25) is 0 Å². The highest BCUT2D eigenvalue weighted by atomic mass is 15.0. The molecule has 294 valence electrons. The van der Waals surface area contributed by atoms with Crippen molar-refractivity contribution in [1.82, 2.24) is 24.1 Å². The van der Waals surface area contributed by atoms with Crippen LogP contribution in [0.25, 0.3) is 132 Å². The van der Waals surface area contributed by atoms with Crippen LogP contribution in [0, 0.1) is 11.3 Å². The van der Waals surface area contributed by atoms with Gasteiger partial charge in [0.05, 0.1) is 50.0 Å². The number of nitriles is 1. The number of hydrogen-bond donors (Lipinski definition) is 0. The number of benzene rings is 10. The molecule has 6 heteroatoms. The van der Waals surface area contributed by atoms with Crippen LogP contribution < -0.4 is 0 Å². The molecular formula is C58H32N6. The van der Waals surface area contributed by atoms with E-state index in [2.05, 4.69) is 185 Å². The third-order valence-corrected chi connectivity index (χ3v) is 13.4. The van der Waals surface area contributed by atoms with Crippen LogP contribution in [-0.4, -0.2) is 24.1 Å². The SMILES string of the molecule is N#Cc1c(-n2c3cccc4c5cccnc5c5cccc2c5c43)c(-c2ccccc2)c(-c2ccccc2)c(-c2ccccc2)c1-n1c2cccc3c4nccnc4c4cccc1c4c32. The molecule has 14 rings (SSSR count). The van der Waals surface area contributed by atoms with Crippen molar-refractivity contribution in [2.24, 2.45) is 0 Å². The van der Waals surface area contributed by atoms with Gasteiger partial charge in [0.1, 0.15) is 11.6 Å². The molecule has 6 nitrogen and oxygen atoms in total. The van der Waals surface area contributed by atoms with E-state index in [0.29, 0.717) is 5.56 Å². The van der Waals surface area contributed by atoms with Crippen LogP contribution in [0.5, 0.6) is 0 Å². The fraction of sp³-hybridized carbons (Fsp3) is 0. The van der Waals surface area contributed by atoms with E-state index in [9.17, 15) is 5.26 Å². The summed E-state index contributed by atoms with van der Waals surface area (Å²) >= 11 is 0. The molecule has 0 saturated heterocycles. The summed E-state index contributed by atoms with van der Waals surface area (Å²) in [5, 5.41) is 22.2. The molecule has 0 fully saturated rings. The van der Waals surface area contributed by atoms with E-state index >= 15 is 0 Å². The van der Waals surface area contributed by atoms with Crippen molar-refractivity contribution in [3.05, 3.63) is 200 Å². The molecule has 0 bridgehead atoms. The van der Waals surface area contributed by atoms with Crippen molar-refractivity contribution in [2.45, 2.75) is 0 Å². The Bertz CT molecular complexity index is 3820. The Hall–Kier alpha value is -8.92. The van der Waals surface area contributed by atoms with E-state index in [1.807, 2.05) is 12.3 Å². The molecule has 0 saturated carbocycles. The van der Waals surface area contributed by atoms with Gasteiger partial charge in [0.2, 0.25) is 0 Å². The second-order valence-electron chi connectivity index (χ2n) is 16.5. The number of pyridine rings is 1. The van der Waals surface area contributed by atoms with Gasteiger partial charge < -0.3 is 9.13 Å². The van der Waals surface area contributed by atoms with Gasteiger partial charge in [-0.1, -0.05) is 146 Å². The minimum atomic E-state index is 0.560. The average Bonchev–Trinajstić information content (AvgIpc) is 3.89. The number of hydrogen-bond acceptors (Lipinski definition) is 4. The molecule has 0 N–H and O–H groups in total. The van der Waals surface area contributed by atoms with Crippen LogP contribution in [0.15, 0.2) is 195 Å². The van der Waals surface area contributed by atoms with Crippen molar-refractivity contribution in [3.8, 4) is 50.8 Å². The zero-order chi connectivity index (χ0) is 42.0. The van der Waals surface area contributed by atoms with E-state index in [4.69, 9.17) is 15.0 Å². The van der Waals surface area contributed by atoms with Gasteiger partial charge in [-0.25, -0.2) is 0 Å². The molecule has 0 spiro atoms. The highest BCUT2D eigenvalue weighted by molar-refractivity contribution is 6.35. The summed E-state index contributed by atoms with van der Waals surface area (Å²) in [6.45, 7) is 0. The molecule has 0 aliphatic carbocycles. The number of fused-ring (bicyclic) bond motifs is 6. The third kappa shape index (κ3) is 4.49. The van der Waals surface area contributed by atoms with Crippen molar-refractivity contribution in [1.29, 1.82) is 5.26 Å². The second-order valence-corrected chi connectivity index (χ2v) is 16.5. The predicted octanol–water partition coefficient (Wildman–Crippen LogP) is 14.4. The van der Waals surface area contributed by atoms with Crippen LogP contribution in [-0.2, 0) is 0 Å². The molecule has 0 aliphatic heterocycles. The van der Waals surface area contributed by atoms with Crippen LogP contribution >= 0.6 is 0 Å². The van der Waals surface area contributed by atoms with Gasteiger partial charge in [-0.3, -0.25) is 15.0 Å². The predicted molar refractivity (Wildman–Crippen MR) is 262 cm³/mol. The zero-order valence-electron chi connectivity index (χ0n) is 34.2. The monoisotopic (exact) mass is 812 g/mol. The topological polar surface area (TPSA) is 72.3 Å². The molecule has 10 aromatic carbocycles. The molecule has 4 heterocycles. The Morgan fingerprint density at radius 2 is 0.703 bits per heavy atom. The van der Waals surface area contributed by atoms with Crippen molar-refractivity contribution < 1.29 is 0 Å². The van der Waals surface area contributed by atoms with Gasteiger partial charge in [0.15, 0.2) is 0 Å². The molecule has 0 atom stereocenters. The minimum absolute atomic E-state index is 0.560. The van der Waals surface area contributed by atoms with Gasteiger partial charge in [-0.15, -0.1) is 0 Å². The lowest BCUT2D eigenvalue weighted by Gasteiger charge is -2.27. The average molecular weight is 813 g/mol. The minimum Gasteiger partial charge on any atom is -0.307 e. The Labute approximate surface area is 365 Å². The van der Waals surface area contributed by atoms with E-state index in [-0.39, 0.29) is 0 Å². The maximum atomic E-state index is 12.3. The molecule has 0 amide bonds. The van der Waals surface area contributed by atoms with Gasteiger partial charge in [-0.05, 0) is 52.4 Å². The van der Waals surface area contributed by atoms with Crippen molar-refractivity contribution in [3.63, 3.8) is 0 Å². The lowest BCUT2D eigenvalue weighted by molar-refractivity contribution is 1.12. The first-order valence-corrected chi connectivity index (χ1v) is 21.5. The van der Waals surface area contributed by atoms with Crippen LogP contribution in [0.3, 0.4) is 0 Å². The smallest absolute Gasteiger partial charge is 0.104 e. The van der Waals surface area contributed by atoms with Gasteiger partial charge >= 0.3 is 0 Å². The summed E-state index contributed by atoms with van der Waals surface area (Å²) in [7, 11) is 0. The molecule has 0 radical (unpaired) electrons. The number of aromatic nitrogens is 5. The molecule has 4 aromatic heterocycles. The molecular weight excluding hydrogens is 781 g/mol. The lowest BCUT2D eigenvalue weighted by atomic mass is 9.82. The lowest BCUT2D eigenvalue weighted by Crippen LogP contribution is -2.10. The van der Waals surface area contributed by atoms with E-state index in [1.54, 1.807) is 12.4 Å². The molecule has 64 heavy (non-hydrogen) atoms.